The molecule has 2 heterocycles. The highest BCUT2D eigenvalue weighted by Gasteiger charge is 2.55. The van der Waals surface area contributed by atoms with Crippen LogP contribution in [0, 0.1) is 27.6 Å². The summed E-state index contributed by atoms with van der Waals surface area (Å²) in [7, 11) is 0. The molecule has 1 aromatic rings. The van der Waals surface area contributed by atoms with Crippen LogP contribution in [0.5, 0.6) is 0 Å². The monoisotopic (exact) mass is 320 g/mol. The van der Waals surface area contributed by atoms with Gasteiger partial charge in [-0.15, -0.1) is 6.42 Å². The summed E-state index contributed by atoms with van der Waals surface area (Å²) in [5.41, 5.74) is -1.90. The SMILES string of the molecule is C#C[C@]1(CO)O[C@@H](n2cc(F)c(=S)[nH]c2=S)[C@@H](F)[C@H]1O. The maximum atomic E-state index is 14.1. The minimum atomic E-state index is -1.99. The molecule has 2 rings (SSSR count). The summed E-state index contributed by atoms with van der Waals surface area (Å²) in [5, 5.41) is 19.0. The van der Waals surface area contributed by atoms with Crippen molar-refractivity contribution in [3.05, 3.63) is 21.4 Å². The third-order valence-corrected chi connectivity index (χ3v) is 3.67. The van der Waals surface area contributed by atoms with Crippen LogP contribution in [0.4, 0.5) is 8.78 Å². The second kappa shape index (κ2) is 5.31. The number of ether oxygens (including phenoxy) is 1. The van der Waals surface area contributed by atoms with E-state index in [-0.39, 0.29) is 9.41 Å². The van der Waals surface area contributed by atoms with Crippen molar-refractivity contribution in [2.45, 2.75) is 24.1 Å². The average molecular weight is 320 g/mol. The zero-order valence-electron chi connectivity index (χ0n) is 9.92. The molecule has 9 heteroatoms. The molecule has 0 unspecified atom stereocenters. The molecule has 0 saturated carbocycles. The summed E-state index contributed by atoms with van der Waals surface area (Å²) in [6.45, 7) is -0.791. The van der Waals surface area contributed by atoms with E-state index in [0.717, 1.165) is 10.8 Å². The number of H-pyrrole nitrogens is 1. The van der Waals surface area contributed by atoms with Crippen molar-refractivity contribution < 1.29 is 23.7 Å². The zero-order valence-corrected chi connectivity index (χ0v) is 11.5. The van der Waals surface area contributed by atoms with Crippen LogP contribution in [0.3, 0.4) is 0 Å². The average Bonchev–Trinajstić information content (AvgIpc) is 2.68. The van der Waals surface area contributed by atoms with Gasteiger partial charge in [0.2, 0.25) is 0 Å². The zero-order chi connectivity index (χ0) is 15.1. The van der Waals surface area contributed by atoms with E-state index in [1.165, 1.54) is 0 Å². The van der Waals surface area contributed by atoms with Gasteiger partial charge in [-0.05, 0) is 12.2 Å². The molecule has 5 nitrogen and oxygen atoms in total. The fourth-order valence-electron chi connectivity index (χ4n) is 1.92. The van der Waals surface area contributed by atoms with Gasteiger partial charge in [0.1, 0.15) is 10.7 Å². The number of aliphatic hydroxyl groups is 2. The highest BCUT2D eigenvalue weighted by atomic mass is 32.1. The second-order valence-corrected chi connectivity index (χ2v) is 5.03. The predicted octanol–water partition coefficient (Wildman–Crippen LogP) is 1.01. The molecule has 0 aliphatic carbocycles. The van der Waals surface area contributed by atoms with Gasteiger partial charge in [0, 0.05) is 6.20 Å². The Balaban J connectivity index is 2.51. The largest absolute Gasteiger partial charge is 0.392 e. The van der Waals surface area contributed by atoms with Crippen molar-refractivity contribution in [1.82, 2.24) is 9.55 Å². The molecule has 0 bridgehead atoms. The first-order valence-electron chi connectivity index (χ1n) is 5.46. The van der Waals surface area contributed by atoms with Crippen molar-refractivity contribution >= 4 is 24.4 Å². The lowest BCUT2D eigenvalue weighted by Gasteiger charge is -2.23. The molecule has 0 spiro atoms. The third-order valence-electron chi connectivity index (χ3n) is 3.06. The molecule has 0 radical (unpaired) electrons. The lowest BCUT2D eigenvalue weighted by atomic mass is 9.98. The number of hydrogen-bond acceptors (Lipinski definition) is 5. The van der Waals surface area contributed by atoms with E-state index in [0.29, 0.717) is 0 Å². The molecule has 0 aromatic carbocycles. The van der Waals surface area contributed by atoms with Crippen molar-refractivity contribution in [3.63, 3.8) is 0 Å². The number of alkyl halides is 1. The Morgan fingerprint density at radius 3 is 2.75 bits per heavy atom. The van der Waals surface area contributed by atoms with Crippen molar-refractivity contribution in [2.75, 3.05) is 6.61 Å². The Morgan fingerprint density at radius 1 is 1.60 bits per heavy atom. The normalized spacial score (nSPS) is 33.0. The van der Waals surface area contributed by atoms with Crippen LogP contribution in [0.15, 0.2) is 6.20 Å². The van der Waals surface area contributed by atoms with Gasteiger partial charge in [-0.1, -0.05) is 18.1 Å². The topological polar surface area (TPSA) is 70.4 Å². The molecule has 1 saturated heterocycles. The fourth-order valence-corrected chi connectivity index (χ4v) is 2.39. The molecular formula is C11H10F2N2O3S2. The highest BCUT2D eigenvalue weighted by molar-refractivity contribution is 7.72. The van der Waals surface area contributed by atoms with Crippen LogP contribution in [-0.2, 0) is 4.74 Å². The van der Waals surface area contributed by atoms with E-state index in [2.05, 4.69) is 17.2 Å². The Morgan fingerprint density at radius 2 is 2.25 bits per heavy atom. The van der Waals surface area contributed by atoms with Gasteiger partial charge in [0.15, 0.2) is 28.6 Å². The van der Waals surface area contributed by atoms with E-state index in [1.54, 1.807) is 0 Å². The first-order chi connectivity index (χ1) is 9.36. The number of rotatable bonds is 2. The number of aromatic amines is 1. The minimum Gasteiger partial charge on any atom is -0.392 e. The molecule has 3 N–H and O–H groups in total. The van der Waals surface area contributed by atoms with Gasteiger partial charge >= 0.3 is 0 Å². The summed E-state index contributed by atoms with van der Waals surface area (Å²) in [6, 6.07) is 0. The van der Waals surface area contributed by atoms with Crippen molar-refractivity contribution in [3.8, 4) is 12.3 Å². The predicted molar refractivity (Wildman–Crippen MR) is 70.1 cm³/mol. The number of terminal acetylenes is 1. The minimum absolute atomic E-state index is 0.0954. The van der Waals surface area contributed by atoms with Crippen molar-refractivity contribution in [2.24, 2.45) is 0 Å². The van der Waals surface area contributed by atoms with Crippen LogP contribution < -0.4 is 0 Å². The Labute approximate surface area is 122 Å². The smallest absolute Gasteiger partial charge is 0.182 e. The van der Waals surface area contributed by atoms with Crippen LogP contribution in [-0.4, -0.2) is 44.2 Å². The summed E-state index contributed by atoms with van der Waals surface area (Å²) in [4.78, 5) is 2.36. The van der Waals surface area contributed by atoms with E-state index in [9.17, 15) is 19.0 Å². The molecule has 20 heavy (non-hydrogen) atoms. The number of halogens is 2. The Bertz CT molecular complexity index is 683. The fraction of sp³-hybridized carbons (Fsp3) is 0.455. The van der Waals surface area contributed by atoms with E-state index in [4.69, 9.17) is 23.4 Å². The number of aromatic nitrogens is 2. The highest BCUT2D eigenvalue weighted by Crippen LogP contribution is 2.38. The molecule has 1 aliphatic heterocycles. The number of nitrogens with one attached hydrogen (secondary N) is 1. The summed E-state index contributed by atoms with van der Waals surface area (Å²) < 4.78 is 33.4. The molecule has 4 atom stereocenters. The van der Waals surface area contributed by atoms with Crippen LogP contribution in [0.25, 0.3) is 0 Å². The Kier molecular flexibility index (Phi) is 4.04. The lowest BCUT2D eigenvalue weighted by molar-refractivity contribution is -0.0919. The van der Waals surface area contributed by atoms with Crippen molar-refractivity contribution in [1.29, 1.82) is 0 Å². The van der Waals surface area contributed by atoms with Gasteiger partial charge in [-0.2, -0.15) is 0 Å². The molecule has 108 valence electrons. The van der Waals surface area contributed by atoms with E-state index < -0.39 is 36.5 Å². The summed E-state index contributed by atoms with van der Waals surface area (Å²) in [5.74, 6) is 1.19. The second-order valence-electron chi connectivity index (χ2n) is 4.23. The van der Waals surface area contributed by atoms with Gasteiger partial charge in [-0.3, -0.25) is 4.57 Å². The van der Waals surface area contributed by atoms with E-state index >= 15 is 0 Å². The summed E-state index contributed by atoms with van der Waals surface area (Å²) >= 11 is 9.56. The van der Waals surface area contributed by atoms with Gasteiger partial charge in [-0.25, -0.2) is 8.78 Å². The quantitative estimate of drug-likeness (QED) is 0.560. The van der Waals surface area contributed by atoms with Gasteiger partial charge in [0.05, 0.1) is 6.61 Å². The maximum absolute atomic E-state index is 14.1. The maximum Gasteiger partial charge on any atom is 0.182 e. The summed E-state index contributed by atoms with van der Waals surface area (Å²) in [6.07, 6.45) is 0.795. The van der Waals surface area contributed by atoms with Crippen LogP contribution in [0.1, 0.15) is 6.23 Å². The standard InChI is InChI=1S/C11H10F2N2O3S2/c1-2-11(4-16)7(17)6(13)9(18-11)15-3-5(12)8(19)14-10(15)20/h1,3,6-7,9,16-17H,4H2,(H,14,19,20)/t6-,7+,9+,11+/m0/s1. The van der Waals surface area contributed by atoms with E-state index in [1.807, 2.05) is 5.92 Å². The third kappa shape index (κ3) is 2.19. The van der Waals surface area contributed by atoms with Crippen LogP contribution >= 0.6 is 24.4 Å². The molecule has 1 fully saturated rings. The molecule has 1 aliphatic rings. The first kappa shape index (κ1) is 15.2. The van der Waals surface area contributed by atoms with Gasteiger partial charge < -0.3 is 19.9 Å². The number of aliphatic hydroxyl groups excluding tert-OH is 2. The molecular weight excluding hydrogens is 310 g/mol. The number of nitrogens with zero attached hydrogens (tertiary/aromatic N) is 1. The lowest BCUT2D eigenvalue weighted by Crippen LogP contribution is -2.44. The molecule has 0 amide bonds. The number of hydrogen-bond donors (Lipinski definition) is 3. The first-order valence-corrected chi connectivity index (χ1v) is 6.27. The van der Waals surface area contributed by atoms with Gasteiger partial charge in [0.25, 0.3) is 0 Å². The Hall–Kier alpha value is -1.18. The van der Waals surface area contributed by atoms with Crippen LogP contribution in [0.2, 0.25) is 0 Å². The molecule has 1 aromatic heterocycles.